The quantitative estimate of drug-likeness (QED) is 0.247. The average molecular weight is 204 g/mol. The van der Waals surface area contributed by atoms with Crippen molar-refractivity contribution in [2.45, 2.75) is 5.79 Å². The maximum Gasteiger partial charge on any atom is 0.293 e. The van der Waals surface area contributed by atoms with Gasteiger partial charge in [-0.25, -0.2) is 0 Å². The second-order valence-corrected chi connectivity index (χ2v) is 2.83. The zero-order valence-corrected chi connectivity index (χ0v) is 7.31. The van der Waals surface area contributed by atoms with Crippen LogP contribution in [0.25, 0.3) is 10.4 Å². The fourth-order valence-electron chi connectivity index (χ4n) is 1.15. The molecule has 8 nitrogen and oxygen atoms in total. The van der Waals surface area contributed by atoms with Crippen molar-refractivity contribution < 1.29 is 4.92 Å². The first-order valence-corrected chi connectivity index (χ1v) is 3.93. The SMILES string of the molecule is [N-]=[N+]=NC1(c2cccc([N+](=O)[O-])c2)N=N1. The van der Waals surface area contributed by atoms with Crippen molar-refractivity contribution in [2.24, 2.45) is 15.3 Å². The first-order valence-electron chi connectivity index (χ1n) is 3.93. The molecule has 1 aromatic rings. The third kappa shape index (κ3) is 1.49. The minimum atomic E-state index is -1.28. The molecule has 0 atom stereocenters. The van der Waals surface area contributed by atoms with E-state index in [0.29, 0.717) is 5.56 Å². The summed E-state index contributed by atoms with van der Waals surface area (Å²) < 4.78 is 0. The minimum Gasteiger partial charge on any atom is -0.258 e. The molecule has 1 heterocycles. The number of hydrogen-bond donors (Lipinski definition) is 0. The number of benzene rings is 1. The van der Waals surface area contributed by atoms with E-state index >= 15 is 0 Å². The predicted octanol–water partition coefficient (Wildman–Crippen LogP) is 2.48. The number of hydrogen-bond acceptors (Lipinski definition) is 5. The molecule has 0 radical (unpaired) electrons. The standard InChI is InChI=1S/C7H4N6O2/c8-12-11-7(9-10-7)5-2-1-3-6(4-5)13(14)15/h1-4H. The smallest absolute Gasteiger partial charge is 0.258 e. The molecule has 0 saturated heterocycles. The monoisotopic (exact) mass is 204 g/mol. The van der Waals surface area contributed by atoms with Gasteiger partial charge in [0.15, 0.2) is 0 Å². The van der Waals surface area contributed by atoms with Gasteiger partial charge in [0.1, 0.15) is 0 Å². The first-order chi connectivity index (χ1) is 7.18. The lowest BCUT2D eigenvalue weighted by molar-refractivity contribution is -0.384. The summed E-state index contributed by atoms with van der Waals surface area (Å²) in [7, 11) is 0. The molecule has 15 heavy (non-hydrogen) atoms. The van der Waals surface area contributed by atoms with E-state index in [4.69, 9.17) is 5.53 Å². The van der Waals surface area contributed by atoms with E-state index in [1.165, 1.54) is 18.2 Å². The number of nitro groups is 1. The molecule has 0 amide bonds. The van der Waals surface area contributed by atoms with E-state index in [1.807, 2.05) is 0 Å². The van der Waals surface area contributed by atoms with E-state index in [1.54, 1.807) is 6.07 Å². The maximum atomic E-state index is 10.5. The minimum absolute atomic E-state index is 0.0858. The van der Waals surface area contributed by atoms with E-state index < -0.39 is 10.7 Å². The van der Waals surface area contributed by atoms with Crippen LogP contribution >= 0.6 is 0 Å². The zero-order valence-electron chi connectivity index (χ0n) is 7.31. The maximum absolute atomic E-state index is 10.5. The Hall–Kier alpha value is -2.47. The normalized spacial score (nSPS) is 15.5. The third-order valence-electron chi connectivity index (χ3n) is 1.92. The fourth-order valence-corrected chi connectivity index (χ4v) is 1.15. The Bertz CT molecular complexity index is 498. The summed E-state index contributed by atoms with van der Waals surface area (Å²) in [4.78, 5) is 12.6. The molecule has 0 unspecified atom stereocenters. The first kappa shape index (κ1) is 9.10. The molecule has 1 aromatic carbocycles. The van der Waals surface area contributed by atoms with E-state index in [0.717, 1.165) is 0 Å². The highest BCUT2D eigenvalue weighted by Gasteiger charge is 2.42. The van der Waals surface area contributed by atoms with Gasteiger partial charge in [-0.3, -0.25) is 10.1 Å². The predicted molar refractivity (Wildman–Crippen MR) is 48.8 cm³/mol. The van der Waals surface area contributed by atoms with Crippen LogP contribution in [-0.2, 0) is 5.79 Å². The lowest BCUT2D eigenvalue weighted by atomic mass is 10.1. The van der Waals surface area contributed by atoms with Crippen LogP contribution < -0.4 is 0 Å². The van der Waals surface area contributed by atoms with Crippen molar-refractivity contribution in [2.75, 3.05) is 0 Å². The largest absolute Gasteiger partial charge is 0.293 e. The van der Waals surface area contributed by atoms with Gasteiger partial charge in [-0.05, 0) is 10.6 Å². The van der Waals surface area contributed by atoms with Crippen molar-refractivity contribution >= 4 is 5.69 Å². The molecule has 0 saturated carbocycles. The Labute approximate surface area is 83.0 Å². The molecule has 2 rings (SSSR count). The molecule has 0 bridgehead atoms. The van der Waals surface area contributed by atoms with Crippen LogP contribution in [-0.4, -0.2) is 4.92 Å². The average Bonchev–Trinajstić information content (AvgIpc) is 3.00. The molecule has 0 spiro atoms. The highest BCUT2D eigenvalue weighted by Crippen LogP contribution is 2.41. The second-order valence-electron chi connectivity index (χ2n) is 2.83. The second kappa shape index (κ2) is 3.03. The summed E-state index contributed by atoms with van der Waals surface area (Å²) in [6, 6.07) is 5.69. The lowest BCUT2D eigenvalue weighted by Crippen LogP contribution is -2.03. The Morgan fingerprint density at radius 3 is 2.80 bits per heavy atom. The summed E-state index contributed by atoms with van der Waals surface area (Å²) in [6.07, 6.45) is 0. The summed E-state index contributed by atoms with van der Waals surface area (Å²) in [5.74, 6) is -1.28. The number of non-ortho nitro benzene ring substituents is 1. The summed E-state index contributed by atoms with van der Waals surface area (Å²) in [5.41, 5.74) is 8.60. The molecule has 0 aliphatic carbocycles. The molecule has 1 aliphatic heterocycles. The molecule has 0 fully saturated rings. The number of rotatable bonds is 3. The van der Waals surface area contributed by atoms with E-state index in [9.17, 15) is 10.1 Å². The summed E-state index contributed by atoms with van der Waals surface area (Å²) in [6.45, 7) is 0. The van der Waals surface area contributed by atoms with Crippen molar-refractivity contribution in [3.05, 3.63) is 50.4 Å². The van der Waals surface area contributed by atoms with Gasteiger partial charge in [-0.2, -0.15) is 0 Å². The Balaban J connectivity index is 2.41. The number of nitrogens with zero attached hydrogens (tertiary/aromatic N) is 6. The van der Waals surface area contributed by atoms with Crippen LogP contribution in [0.15, 0.2) is 39.6 Å². The summed E-state index contributed by atoms with van der Waals surface area (Å²) in [5, 5.41) is 21.0. The summed E-state index contributed by atoms with van der Waals surface area (Å²) >= 11 is 0. The van der Waals surface area contributed by atoms with Crippen LogP contribution in [0.4, 0.5) is 5.69 Å². The molecule has 8 heteroatoms. The molecule has 74 valence electrons. The fraction of sp³-hybridized carbons (Fsp3) is 0.143. The van der Waals surface area contributed by atoms with Gasteiger partial charge in [-0.1, -0.05) is 12.1 Å². The van der Waals surface area contributed by atoms with Gasteiger partial charge in [-0.15, -0.1) is 10.2 Å². The van der Waals surface area contributed by atoms with Crippen molar-refractivity contribution in [1.29, 1.82) is 0 Å². The van der Waals surface area contributed by atoms with Crippen molar-refractivity contribution in [3.8, 4) is 0 Å². The molecular weight excluding hydrogens is 200 g/mol. The van der Waals surface area contributed by atoms with Crippen LogP contribution in [0.3, 0.4) is 0 Å². The number of azide groups is 1. The highest BCUT2D eigenvalue weighted by molar-refractivity contribution is 5.38. The third-order valence-corrected chi connectivity index (χ3v) is 1.92. The molecule has 0 N–H and O–H groups in total. The Morgan fingerprint density at radius 2 is 2.27 bits per heavy atom. The highest BCUT2D eigenvalue weighted by atomic mass is 16.6. The van der Waals surface area contributed by atoms with E-state index in [-0.39, 0.29) is 5.69 Å². The topological polar surface area (TPSA) is 117 Å². The van der Waals surface area contributed by atoms with Crippen LogP contribution in [0.5, 0.6) is 0 Å². The molecular formula is C7H4N6O2. The van der Waals surface area contributed by atoms with Gasteiger partial charge < -0.3 is 0 Å². The van der Waals surface area contributed by atoms with Gasteiger partial charge in [0.2, 0.25) is 0 Å². The zero-order chi connectivity index (χ0) is 10.9. The number of nitro benzene ring substituents is 1. The van der Waals surface area contributed by atoms with E-state index in [2.05, 4.69) is 20.3 Å². The van der Waals surface area contributed by atoms with Crippen LogP contribution in [0.2, 0.25) is 0 Å². The van der Waals surface area contributed by atoms with Gasteiger partial charge in [0, 0.05) is 22.6 Å². The van der Waals surface area contributed by atoms with Gasteiger partial charge >= 0.3 is 0 Å². The van der Waals surface area contributed by atoms with Gasteiger partial charge in [0.25, 0.3) is 11.5 Å². The van der Waals surface area contributed by atoms with Crippen LogP contribution in [0, 0.1) is 10.1 Å². The lowest BCUT2D eigenvalue weighted by Gasteiger charge is -2.02. The van der Waals surface area contributed by atoms with Gasteiger partial charge in [0.05, 0.1) is 4.92 Å². The van der Waals surface area contributed by atoms with Crippen LogP contribution in [0.1, 0.15) is 5.56 Å². The Morgan fingerprint density at radius 1 is 1.53 bits per heavy atom. The Kier molecular flexibility index (Phi) is 1.84. The van der Waals surface area contributed by atoms with Crippen molar-refractivity contribution in [3.63, 3.8) is 0 Å². The molecule has 0 aromatic heterocycles. The molecule has 1 aliphatic rings. The van der Waals surface area contributed by atoms with Crippen molar-refractivity contribution in [1.82, 2.24) is 0 Å².